The van der Waals surface area contributed by atoms with E-state index < -0.39 is 0 Å². The van der Waals surface area contributed by atoms with Crippen LogP contribution in [0.1, 0.15) is 0 Å². The van der Waals surface area contributed by atoms with Gasteiger partial charge in [0, 0.05) is 27.2 Å². The van der Waals surface area contributed by atoms with Gasteiger partial charge in [-0.3, -0.25) is 4.57 Å². The zero-order valence-corrected chi connectivity index (χ0v) is 19.2. The predicted octanol–water partition coefficient (Wildman–Crippen LogP) is 7.22. The first-order valence-electron chi connectivity index (χ1n) is 12.0. The number of benzene rings is 5. The molecule has 8 rings (SSSR count). The molecule has 0 spiro atoms. The molecule has 168 valence electrons. The van der Waals surface area contributed by atoms with Crippen LogP contribution >= 0.6 is 0 Å². The molecule has 3 aromatic heterocycles. The van der Waals surface area contributed by atoms with Crippen LogP contribution in [0.4, 0.5) is 0 Å². The monoisotopic (exact) mass is 461 g/mol. The van der Waals surface area contributed by atoms with E-state index in [1.54, 1.807) is 12.7 Å². The smallest absolute Gasteiger partial charge is 0.237 e. The van der Waals surface area contributed by atoms with Crippen molar-refractivity contribution in [3.05, 3.63) is 116 Å². The Morgan fingerprint density at radius 1 is 0.444 bits per heavy atom. The van der Waals surface area contributed by atoms with Gasteiger partial charge in [-0.25, -0.2) is 15.0 Å². The van der Waals surface area contributed by atoms with Gasteiger partial charge in [0.05, 0.1) is 22.1 Å². The topological polar surface area (TPSA) is 48.5 Å². The Labute approximate surface area is 205 Å². The summed E-state index contributed by atoms with van der Waals surface area (Å²) in [6, 6.07) is 36.5. The summed E-state index contributed by atoms with van der Waals surface area (Å²) in [5, 5.41) is 7.30. The lowest BCUT2D eigenvalue weighted by Crippen LogP contribution is -2.02. The Balaban J connectivity index is 1.79. The minimum absolute atomic E-state index is 0.609. The number of nitrogens with zero attached hydrogens (tertiary/aromatic N) is 5. The summed E-state index contributed by atoms with van der Waals surface area (Å²) >= 11 is 0. The van der Waals surface area contributed by atoms with Crippen LogP contribution in [0.3, 0.4) is 0 Å². The zero-order chi connectivity index (χ0) is 23.6. The lowest BCUT2D eigenvalue weighted by Gasteiger charge is -2.12. The third-order valence-corrected chi connectivity index (χ3v) is 7.13. The number of para-hydroxylation sites is 3. The van der Waals surface area contributed by atoms with Crippen molar-refractivity contribution in [1.82, 2.24) is 24.1 Å². The van der Waals surface area contributed by atoms with E-state index in [0.29, 0.717) is 5.95 Å². The molecule has 0 bridgehead atoms. The Bertz CT molecular complexity index is 1930. The van der Waals surface area contributed by atoms with E-state index in [2.05, 4.69) is 127 Å². The average molecular weight is 462 g/mol. The summed E-state index contributed by atoms with van der Waals surface area (Å²) in [5.74, 6) is 0.609. The highest BCUT2D eigenvalue weighted by atomic mass is 15.2. The Morgan fingerprint density at radius 2 is 0.917 bits per heavy atom. The molecular weight excluding hydrogens is 442 g/mol. The van der Waals surface area contributed by atoms with Crippen molar-refractivity contribution in [2.24, 2.45) is 0 Å². The number of hydrogen-bond donors (Lipinski definition) is 0. The summed E-state index contributed by atoms with van der Waals surface area (Å²) in [5.41, 5.74) is 5.60. The van der Waals surface area contributed by atoms with Gasteiger partial charge in [-0.15, -0.1) is 0 Å². The molecule has 36 heavy (non-hydrogen) atoms. The van der Waals surface area contributed by atoms with Gasteiger partial charge in [0.15, 0.2) is 0 Å². The molecule has 0 saturated heterocycles. The van der Waals surface area contributed by atoms with Crippen molar-refractivity contribution in [1.29, 1.82) is 0 Å². The first-order chi connectivity index (χ1) is 17.9. The lowest BCUT2D eigenvalue weighted by molar-refractivity contribution is 0.940. The van der Waals surface area contributed by atoms with Crippen LogP contribution in [0.15, 0.2) is 116 Å². The van der Waals surface area contributed by atoms with E-state index in [1.807, 2.05) is 0 Å². The fourth-order valence-corrected chi connectivity index (χ4v) is 5.79. The summed E-state index contributed by atoms with van der Waals surface area (Å²) in [6.45, 7) is 0. The summed E-state index contributed by atoms with van der Waals surface area (Å²) in [4.78, 5) is 13.3. The molecule has 3 heterocycles. The van der Waals surface area contributed by atoms with Crippen molar-refractivity contribution in [3.8, 4) is 11.6 Å². The molecule has 0 aliphatic rings. The summed E-state index contributed by atoms with van der Waals surface area (Å²) in [6.07, 6.45) is 3.13. The van der Waals surface area contributed by atoms with E-state index in [0.717, 1.165) is 22.2 Å². The molecule has 0 amide bonds. The predicted molar refractivity (Wildman–Crippen MR) is 146 cm³/mol. The van der Waals surface area contributed by atoms with Crippen LogP contribution in [0.25, 0.3) is 66.0 Å². The van der Waals surface area contributed by atoms with E-state index in [1.165, 1.54) is 37.8 Å². The molecule has 0 atom stereocenters. The van der Waals surface area contributed by atoms with E-state index in [9.17, 15) is 0 Å². The van der Waals surface area contributed by atoms with Gasteiger partial charge >= 0.3 is 0 Å². The molecule has 8 aromatic rings. The molecule has 5 nitrogen and oxygen atoms in total. The zero-order valence-electron chi connectivity index (χ0n) is 19.2. The van der Waals surface area contributed by atoms with Gasteiger partial charge in [-0.2, -0.15) is 0 Å². The fraction of sp³-hybridized carbons (Fsp3) is 0. The van der Waals surface area contributed by atoms with Crippen LogP contribution in [0.5, 0.6) is 0 Å². The number of rotatable bonds is 2. The van der Waals surface area contributed by atoms with Crippen molar-refractivity contribution in [3.63, 3.8) is 0 Å². The first-order valence-corrected chi connectivity index (χ1v) is 12.0. The van der Waals surface area contributed by atoms with Crippen molar-refractivity contribution >= 4 is 54.4 Å². The van der Waals surface area contributed by atoms with Crippen molar-refractivity contribution in [2.75, 3.05) is 0 Å². The highest BCUT2D eigenvalue weighted by Gasteiger charge is 2.24. The maximum atomic E-state index is 4.60. The Kier molecular flexibility index (Phi) is 3.88. The van der Waals surface area contributed by atoms with Crippen LogP contribution in [-0.4, -0.2) is 24.1 Å². The SMILES string of the molecule is c1ccc(-n2c3ccccc3c3c4ccccc4c4c5ccccc5n(-c5ncncn5)c4c32)cc1. The second-order valence-corrected chi connectivity index (χ2v) is 8.97. The maximum absolute atomic E-state index is 4.60. The van der Waals surface area contributed by atoms with Gasteiger partial charge in [-0.1, -0.05) is 78.9 Å². The molecule has 0 aliphatic heterocycles. The maximum Gasteiger partial charge on any atom is 0.237 e. The third kappa shape index (κ3) is 2.46. The standard InChI is InChI=1S/C31H19N5/c1-2-10-20(11-3-1)35-25-16-8-6-14-23(25)27-21-12-4-5-13-22(21)28-24-15-7-9-17-26(24)36(30(28)29(27)35)31-33-18-32-19-34-31/h1-19H. The van der Waals surface area contributed by atoms with Crippen molar-refractivity contribution < 1.29 is 0 Å². The number of hydrogen-bond acceptors (Lipinski definition) is 3. The minimum atomic E-state index is 0.609. The van der Waals surface area contributed by atoms with E-state index in [4.69, 9.17) is 0 Å². The molecule has 5 aromatic carbocycles. The van der Waals surface area contributed by atoms with Crippen LogP contribution < -0.4 is 0 Å². The average Bonchev–Trinajstić information content (AvgIpc) is 3.48. The molecule has 0 radical (unpaired) electrons. The van der Waals surface area contributed by atoms with Gasteiger partial charge in [0.1, 0.15) is 12.7 Å². The Hall–Kier alpha value is -5.03. The van der Waals surface area contributed by atoms with Crippen LogP contribution in [0, 0.1) is 0 Å². The van der Waals surface area contributed by atoms with E-state index >= 15 is 0 Å². The van der Waals surface area contributed by atoms with Crippen LogP contribution in [-0.2, 0) is 0 Å². The Morgan fingerprint density at radius 3 is 1.53 bits per heavy atom. The second kappa shape index (κ2) is 7.23. The first kappa shape index (κ1) is 19.3. The quantitative estimate of drug-likeness (QED) is 0.273. The van der Waals surface area contributed by atoms with Gasteiger partial charge in [0.25, 0.3) is 0 Å². The minimum Gasteiger partial charge on any atom is -0.307 e. The molecule has 5 heteroatoms. The van der Waals surface area contributed by atoms with E-state index in [-0.39, 0.29) is 0 Å². The number of aromatic nitrogens is 5. The van der Waals surface area contributed by atoms with Gasteiger partial charge in [0.2, 0.25) is 5.95 Å². The highest BCUT2D eigenvalue weighted by molar-refractivity contribution is 6.36. The molecule has 0 unspecified atom stereocenters. The largest absolute Gasteiger partial charge is 0.307 e. The molecule has 0 aliphatic carbocycles. The summed E-state index contributed by atoms with van der Waals surface area (Å²) in [7, 11) is 0. The highest BCUT2D eigenvalue weighted by Crippen LogP contribution is 2.46. The van der Waals surface area contributed by atoms with Gasteiger partial charge in [-0.05, 0) is 35.0 Å². The molecule has 0 fully saturated rings. The molecule has 0 N–H and O–H groups in total. The third-order valence-electron chi connectivity index (χ3n) is 7.13. The van der Waals surface area contributed by atoms with Crippen LogP contribution in [0.2, 0.25) is 0 Å². The fourth-order valence-electron chi connectivity index (χ4n) is 5.79. The van der Waals surface area contributed by atoms with Crippen molar-refractivity contribution in [2.45, 2.75) is 0 Å². The molecule has 0 saturated carbocycles. The number of fused-ring (bicyclic) bond motifs is 10. The molecular formula is C31H19N5. The van der Waals surface area contributed by atoms with Gasteiger partial charge < -0.3 is 4.57 Å². The lowest BCUT2D eigenvalue weighted by atomic mass is 9.98. The summed E-state index contributed by atoms with van der Waals surface area (Å²) < 4.78 is 4.58. The normalized spacial score (nSPS) is 11.9. The second-order valence-electron chi connectivity index (χ2n) is 8.97.